The number of furan rings is 1. The maximum Gasteiger partial charge on any atom is 0.335 e. The van der Waals surface area contributed by atoms with Crippen LogP contribution >= 0.6 is 43.5 Å². The lowest BCUT2D eigenvalue weighted by atomic mass is 10.1. The fourth-order valence-electron chi connectivity index (χ4n) is 3.31. The van der Waals surface area contributed by atoms with Crippen LogP contribution in [0.4, 0.5) is 0 Å². The van der Waals surface area contributed by atoms with E-state index in [0.29, 0.717) is 32.7 Å². The number of amides is 1. The molecule has 36 heavy (non-hydrogen) atoms. The molecular weight excluding hydrogens is 620 g/mol. The summed E-state index contributed by atoms with van der Waals surface area (Å²) >= 11 is 13.2. The normalized spacial score (nSPS) is 11.1. The van der Waals surface area contributed by atoms with E-state index < -0.39 is 11.9 Å². The first-order chi connectivity index (χ1) is 17.2. The molecule has 0 bridgehead atoms. The predicted molar refractivity (Wildman–Crippen MR) is 142 cm³/mol. The molecule has 0 aliphatic rings. The topological polar surface area (TPSA) is 110 Å². The number of hydrogen-bond acceptors (Lipinski definition) is 6. The largest absolute Gasteiger partial charge is 0.493 e. The average Bonchev–Trinajstić information content (AvgIpc) is 3.28. The van der Waals surface area contributed by atoms with Crippen molar-refractivity contribution in [3.63, 3.8) is 0 Å². The van der Waals surface area contributed by atoms with E-state index in [9.17, 15) is 9.59 Å². The minimum atomic E-state index is -1.02. The molecule has 8 nitrogen and oxygen atoms in total. The Morgan fingerprint density at radius 1 is 1.17 bits per heavy atom. The van der Waals surface area contributed by atoms with Crippen LogP contribution in [0.1, 0.15) is 32.0 Å². The van der Waals surface area contributed by atoms with Crippen molar-refractivity contribution in [1.82, 2.24) is 5.43 Å². The molecule has 184 valence electrons. The highest BCUT2D eigenvalue weighted by atomic mass is 79.9. The van der Waals surface area contributed by atoms with E-state index in [4.69, 9.17) is 30.6 Å². The molecule has 2 N–H and O–H groups in total. The van der Waals surface area contributed by atoms with Crippen molar-refractivity contribution in [3.05, 3.63) is 91.0 Å². The summed E-state index contributed by atoms with van der Waals surface area (Å²) in [7, 11) is 1.46. The monoisotopic (exact) mass is 634 g/mol. The van der Waals surface area contributed by atoms with Gasteiger partial charge in [0.25, 0.3) is 0 Å². The molecule has 11 heteroatoms. The summed E-state index contributed by atoms with van der Waals surface area (Å²) in [5.74, 6) is -0.804. The molecule has 3 aromatic carbocycles. The SMILES string of the molecule is COc1cc(/C=N\NC(=O)c2cc3cc(Br)cc(Br)c3o2)cc(Cl)c1OCc1cccc(C(=O)O)c1. The molecule has 4 aromatic rings. The van der Waals surface area contributed by atoms with E-state index in [0.717, 1.165) is 9.86 Å². The third kappa shape index (κ3) is 5.89. The third-order valence-electron chi connectivity index (χ3n) is 4.95. The van der Waals surface area contributed by atoms with Gasteiger partial charge in [0.1, 0.15) is 12.2 Å². The Kier molecular flexibility index (Phi) is 7.97. The maximum atomic E-state index is 12.5. The lowest BCUT2D eigenvalue weighted by Gasteiger charge is -2.13. The van der Waals surface area contributed by atoms with Crippen LogP contribution in [-0.2, 0) is 6.61 Å². The minimum Gasteiger partial charge on any atom is -0.493 e. The number of nitrogens with one attached hydrogen (secondary N) is 1. The Balaban J connectivity index is 1.45. The van der Waals surface area contributed by atoms with Crippen molar-refractivity contribution < 1.29 is 28.6 Å². The van der Waals surface area contributed by atoms with Gasteiger partial charge >= 0.3 is 11.9 Å². The van der Waals surface area contributed by atoms with Crippen LogP contribution in [0.3, 0.4) is 0 Å². The molecule has 0 spiro atoms. The Bertz CT molecular complexity index is 1500. The minimum absolute atomic E-state index is 0.0882. The summed E-state index contributed by atoms with van der Waals surface area (Å²) < 4.78 is 18.4. The molecule has 0 aliphatic heterocycles. The molecule has 4 rings (SSSR count). The van der Waals surface area contributed by atoms with Crippen molar-refractivity contribution >= 4 is 72.5 Å². The van der Waals surface area contributed by atoms with Gasteiger partial charge in [-0.1, -0.05) is 39.7 Å². The highest BCUT2D eigenvalue weighted by molar-refractivity contribution is 9.11. The number of methoxy groups -OCH3 is 1. The number of carbonyl (C=O) groups excluding carboxylic acids is 1. The molecule has 1 aromatic heterocycles. The third-order valence-corrected chi connectivity index (χ3v) is 6.28. The van der Waals surface area contributed by atoms with Gasteiger partial charge in [-0.15, -0.1) is 0 Å². The second kappa shape index (κ2) is 11.2. The zero-order chi connectivity index (χ0) is 25.8. The van der Waals surface area contributed by atoms with Gasteiger partial charge in [-0.3, -0.25) is 4.79 Å². The van der Waals surface area contributed by atoms with Crippen molar-refractivity contribution in [2.75, 3.05) is 7.11 Å². The summed E-state index contributed by atoms with van der Waals surface area (Å²) in [5.41, 5.74) is 4.34. The van der Waals surface area contributed by atoms with Crippen molar-refractivity contribution in [3.8, 4) is 11.5 Å². The number of ether oxygens (including phenoxy) is 2. The average molecular weight is 637 g/mol. The van der Waals surface area contributed by atoms with Crippen molar-refractivity contribution in [1.29, 1.82) is 0 Å². The fourth-order valence-corrected chi connectivity index (χ4v) is 4.93. The summed E-state index contributed by atoms with van der Waals surface area (Å²) in [6.07, 6.45) is 1.40. The Hall–Kier alpha value is -3.34. The molecule has 0 atom stereocenters. The van der Waals surface area contributed by atoms with Gasteiger partial charge in [0.2, 0.25) is 0 Å². The van der Waals surface area contributed by atoms with Crippen LogP contribution in [0.15, 0.2) is 73.1 Å². The van der Waals surface area contributed by atoms with E-state index in [-0.39, 0.29) is 23.0 Å². The second-order valence-electron chi connectivity index (χ2n) is 7.44. The molecule has 0 saturated carbocycles. The second-order valence-corrected chi connectivity index (χ2v) is 9.62. The zero-order valence-corrected chi connectivity index (χ0v) is 22.5. The van der Waals surface area contributed by atoms with Crippen LogP contribution < -0.4 is 14.9 Å². The van der Waals surface area contributed by atoms with Crippen LogP contribution in [0.2, 0.25) is 5.02 Å². The highest BCUT2D eigenvalue weighted by Crippen LogP contribution is 2.36. The number of hydrogen-bond donors (Lipinski definition) is 2. The molecule has 0 fully saturated rings. The summed E-state index contributed by atoms with van der Waals surface area (Å²) in [6, 6.07) is 14.9. The van der Waals surface area contributed by atoms with E-state index in [2.05, 4.69) is 42.4 Å². The van der Waals surface area contributed by atoms with Gasteiger partial charge in [0, 0.05) is 9.86 Å². The van der Waals surface area contributed by atoms with Gasteiger partial charge in [0.15, 0.2) is 17.3 Å². The number of halogens is 3. The first-order valence-corrected chi connectivity index (χ1v) is 12.3. The van der Waals surface area contributed by atoms with Crippen LogP contribution in [0.25, 0.3) is 11.0 Å². The number of fused-ring (bicyclic) bond motifs is 1. The lowest BCUT2D eigenvalue weighted by molar-refractivity contribution is 0.0696. The first-order valence-electron chi connectivity index (χ1n) is 10.3. The van der Waals surface area contributed by atoms with Crippen LogP contribution in [0.5, 0.6) is 11.5 Å². The Morgan fingerprint density at radius 2 is 1.97 bits per heavy atom. The molecule has 1 heterocycles. The van der Waals surface area contributed by atoms with Gasteiger partial charge in [-0.05, 0) is 69.5 Å². The maximum absolute atomic E-state index is 12.5. The van der Waals surface area contributed by atoms with Crippen molar-refractivity contribution in [2.45, 2.75) is 6.61 Å². The van der Waals surface area contributed by atoms with Crippen molar-refractivity contribution in [2.24, 2.45) is 5.10 Å². The molecule has 0 unspecified atom stereocenters. The Morgan fingerprint density at radius 3 is 2.72 bits per heavy atom. The standard InChI is InChI=1S/C25H17Br2ClN2O6/c1-34-20-7-14(6-19(28)23(20)35-12-13-3-2-4-15(5-13)25(32)33)11-29-30-24(31)21-9-16-8-17(26)10-18(27)22(16)36-21/h2-11H,12H2,1H3,(H,30,31)(H,32,33)/b29-11-. The Labute approximate surface area is 227 Å². The number of hydrazone groups is 1. The van der Waals surface area contributed by atoms with E-state index in [1.165, 1.54) is 25.5 Å². The number of nitrogens with zero attached hydrogens (tertiary/aromatic N) is 1. The first kappa shape index (κ1) is 25.7. The van der Waals surface area contributed by atoms with Crippen LogP contribution in [0, 0.1) is 0 Å². The van der Waals surface area contributed by atoms with Gasteiger partial charge in [-0.2, -0.15) is 5.10 Å². The summed E-state index contributed by atoms with van der Waals surface area (Å²) in [5, 5.41) is 14.1. The predicted octanol–water partition coefficient (Wildman–Crippen LogP) is 6.66. The van der Waals surface area contributed by atoms with E-state index in [1.807, 2.05) is 12.1 Å². The van der Waals surface area contributed by atoms with Gasteiger partial charge < -0.3 is 19.0 Å². The zero-order valence-electron chi connectivity index (χ0n) is 18.6. The number of carboxylic acids is 1. The molecule has 0 saturated heterocycles. The summed E-state index contributed by atoms with van der Waals surface area (Å²) in [4.78, 5) is 23.6. The number of aromatic carboxylic acids is 1. The molecular formula is C25H17Br2ClN2O6. The highest BCUT2D eigenvalue weighted by Gasteiger charge is 2.15. The quantitative estimate of drug-likeness (QED) is 0.165. The number of carboxylic acid groups (broad SMARTS) is 1. The summed E-state index contributed by atoms with van der Waals surface area (Å²) in [6.45, 7) is 0.0882. The lowest BCUT2D eigenvalue weighted by Crippen LogP contribution is -2.16. The van der Waals surface area contributed by atoms with Crippen LogP contribution in [-0.4, -0.2) is 30.3 Å². The number of benzene rings is 3. The van der Waals surface area contributed by atoms with Gasteiger partial charge in [-0.25, -0.2) is 10.2 Å². The van der Waals surface area contributed by atoms with E-state index in [1.54, 1.807) is 30.3 Å². The fraction of sp³-hybridized carbons (Fsp3) is 0.0800. The number of carbonyl (C=O) groups is 2. The smallest absolute Gasteiger partial charge is 0.335 e. The van der Waals surface area contributed by atoms with E-state index >= 15 is 0 Å². The molecule has 0 aliphatic carbocycles. The molecule has 0 radical (unpaired) electrons. The molecule has 1 amide bonds. The number of rotatable bonds is 8. The van der Waals surface area contributed by atoms with Gasteiger partial charge in [0.05, 0.1) is 28.4 Å².